The number of benzene rings is 1. The van der Waals surface area contributed by atoms with Crippen LogP contribution in [0.2, 0.25) is 0 Å². The van der Waals surface area contributed by atoms with E-state index in [1.165, 1.54) is 5.56 Å². The van der Waals surface area contributed by atoms with Gasteiger partial charge in [0.15, 0.2) is 0 Å². The molecule has 1 N–H and O–H groups in total. The highest BCUT2D eigenvalue weighted by Gasteiger charge is 2.23. The van der Waals surface area contributed by atoms with Gasteiger partial charge in [0.05, 0.1) is 25.5 Å². The lowest BCUT2D eigenvalue weighted by Gasteiger charge is -2.34. The maximum atomic E-state index is 10.4. The predicted molar refractivity (Wildman–Crippen MR) is 105 cm³/mol. The molecule has 1 aromatic carbocycles. The summed E-state index contributed by atoms with van der Waals surface area (Å²) in [4.78, 5) is 2.24. The van der Waals surface area contributed by atoms with Gasteiger partial charge in [0.2, 0.25) is 0 Å². The molecule has 0 spiro atoms. The lowest BCUT2D eigenvalue weighted by molar-refractivity contribution is -0.0517. The number of nitrogens with zero attached hydrogens (tertiary/aromatic N) is 3. The Morgan fingerprint density at radius 1 is 1.33 bits per heavy atom. The second kappa shape index (κ2) is 9.88. The number of aromatic nitrogens is 2. The molecular weight excluding hydrogens is 342 g/mol. The standard InChI is InChI=1S/C21H31N3O3/c1-3-4-18-5-7-20(8-6-18)27-16-19(25)13-23-9-10-26-21(14-23)15-24-12-17(2)11-22-24/h5-8,11-12,19,21,25H,3-4,9-10,13-16H2,1-2H3. The molecule has 2 unspecified atom stereocenters. The summed E-state index contributed by atoms with van der Waals surface area (Å²) >= 11 is 0. The summed E-state index contributed by atoms with van der Waals surface area (Å²) in [6.07, 6.45) is 5.68. The van der Waals surface area contributed by atoms with Gasteiger partial charge in [-0.25, -0.2) is 0 Å². The van der Waals surface area contributed by atoms with Crippen LogP contribution in [0.4, 0.5) is 0 Å². The molecule has 6 nitrogen and oxygen atoms in total. The molecule has 2 atom stereocenters. The minimum Gasteiger partial charge on any atom is -0.491 e. The fraction of sp³-hybridized carbons (Fsp3) is 0.571. The maximum absolute atomic E-state index is 10.4. The maximum Gasteiger partial charge on any atom is 0.119 e. The van der Waals surface area contributed by atoms with Crippen molar-refractivity contribution in [3.63, 3.8) is 0 Å². The zero-order valence-corrected chi connectivity index (χ0v) is 16.4. The van der Waals surface area contributed by atoms with Crippen molar-refractivity contribution in [2.75, 3.05) is 32.8 Å². The Morgan fingerprint density at radius 3 is 2.85 bits per heavy atom. The average molecular weight is 373 g/mol. The second-order valence-corrected chi connectivity index (χ2v) is 7.35. The molecule has 2 heterocycles. The third kappa shape index (κ3) is 6.34. The van der Waals surface area contributed by atoms with Crippen LogP contribution in [0.5, 0.6) is 5.75 Å². The molecule has 6 heteroatoms. The van der Waals surface area contributed by atoms with Crippen LogP contribution in [0.25, 0.3) is 0 Å². The molecule has 1 saturated heterocycles. The van der Waals surface area contributed by atoms with Gasteiger partial charge in [-0.15, -0.1) is 0 Å². The van der Waals surface area contributed by atoms with Crippen molar-refractivity contribution in [1.29, 1.82) is 0 Å². The van der Waals surface area contributed by atoms with Crippen molar-refractivity contribution < 1.29 is 14.6 Å². The summed E-state index contributed by atoms with van der Waals surface area (Å²) in [5, 5.41) is 14.7. The average Bonchev–Trinajstić information content (AvgIpc) is 3.06. The van der Waals surface area contributed by atoms with Gasteiger partial charge in [0, 0.05) is 25.8 Å². The molecule has 1 aliphatic heterocycles. The summed E-state index contributed by atoms with van der Waals surface area (Å²) in [7, 11) is 0. The van der Waals surface area contributed by atoms with E-state index in [4.69, 9.17) is 9.47 Å². The molecule has 0 amide bonds. The number of morpholine rings is 1. The molecule has 0 aliphatic carbocycles. The van der Waals surface area contributed by atoms with E-state index in [0.29, 0.717) is 19.8 Å². The van der Waals surface area contributed by atoms with E-state index >= 15 is 0 Å². The van der Waals surface area contributed by atoms with E-state index in [9.17, 15) is 5.11 Å². The number of rotatable bonds is 9. The lowest BCUT2D eigenvalue weighted by atomic mass is 10.1. The molecule has 0 saturated carbocycles. The number of β-amino-alcohol motifs (C(OH)–C–C–N with tert-alkyl or cyclic N) is 1. The topological polar surface area (TPSA) is 59.8 Å². The molecule has 148 valence electrons. The smallest absolute Gasteiger partial charge is 0.119 e. The third-order valence-corrected chi connectivity index (χ3v) is 4.75. The van der Waals surface area contributed by atoms with Crippen molar-refractivity contribution >= 4 is 0 Å². The van der Waals surface area contributed by atoms with Crippen LogP contribution in [0.3, 0.4) is 0 Å². The van der Waals surface area contributed by atoms with Crippen LogP contribution < -0.4 is 4.74 Å². The van der Waals surface area contributed by atoms with Gasteiger partial charge in [-0.05, 0) is 36.6 Å². The van der Waals surface area contributed by atoms with Gasteiger partial charge in [-0.2, -0.15) is 5.10 Å². The largest absolute Gasteiger partial charge is 0.491 e. The fourth-order valence-electron chi connectivity index (χ4n) is 3.42. The highest BCUT2D eigenvalue weighted by molar-refractivity contribution is 5.27. The van der Waals surface area contributed by atoms with E-state index < -0.39 is 6.10 Å². The van der Waals surface area contributed by atoms with Crippen molar-refractivity contribution in [1.82, 2.24) is 14.7 Å². The molecule has 1 aromatic heterocycles. The monoisotopic (exact) mass is 373 g/mol. The Kier molecular flexibility index (Phi) is 7.26. The minimum absolute atomic E-state index is 0.0947. The molecular formula is C21H31N3O3. The number of hydrogen-bond donors (Lipinski definition) is 1. The Bertz CT molecular complexity index is 686. The number of aryl methyl sites for hydroxylation is 2. The van der Waals surface area contributed by atoms with Crippen LogP contribution in [-0.2, 0) is 17.7 Å². The molecule has 2 aromatic rings. The zero-order chi connectivity index (χ0) is 19.1. The minimum atomic E-state index is -0.522. The Labute approximate surface area is 161 Å². The lowest BCUT2D eigenvalue weighted by Crippen LogP contribution is -2.47. The van der Waals surface area contributed by atoms with Gasteiger partial charge >= 0.3 is 0 Å². The predicted octanol–water partition coefficient (Wildman–Crippen LogP) is 2.28. The SMILES string of the molecule is CCCc1ccc(OCC(O)CN2CCOC(Cn3cc(C)cn3)C2)cc1. The first-order valence-corrected chi connectivity index (χ1v) is 9.85. The summed E-state index contributed by atoms with van der Waals surface area (Å²) in [6, 6.07) is 8.15. The molecule has 1 fully saturated rings. The van der Waals surface area contributed by atoms with Gasteiger partial charge in [0.25, 0.3) is 0 Å². The van der Waals surface area contributed by atoms with E-state index in [0.717, 1.165) is 43.8 Å². The normalized spacial score (nSPS) is 19.1. The van der Waals surface area contributed by atoms with E-state index in [1.54, 1.807) is 0 Å². The first-order valence-electron chi connectivity index (χ1n) is 9.85. The van der Waals surface area contributed by atoms with Crippen molar-refractivity contribution in [3.05, 3.63) is 47.8 Å². The number of hydrogen-bond acceptors (Lipinski definition) is 5. The van der Waals surface area contributed by atoms with Crippen LogP contribution in [-0.4, -0.2) is 64.8 Å². The van der Waals surface area contributed by atoms with Gasteiger partial charge in [-0.3, -0.25) is 9.58 Å². The van der Waals surface area contributed by atoms with E-state index in [2.05, 4.69) is 29.1 Å². The first kappa shape index (κ1) is 19.9. The zero-order valence-electron chi connectivity index (χ0n) is 16.4. The molecule has 1 aliphatic rings. The van der Waals surface area contributed by atoms with Crippen LogP contribution in [0.1, 0.15) is 24.5 Å². The highest BCUT2D eigenvalue weighted by Crippen LogP contribution is 2.14. The van der Waals surface area contributed by atoms with E-state index in [1.807, 2.05) is 36.1 Å². The summed E-state index contributed by atoms with van der Waals surface area (Å²) in [5.41, 5.74) is 2.47. The number of aliphatic hydroxyl groups excluding tert-OH is 1. The van der Waals surface area contributed by atoms with Gasteiger partial charge < -0.3 is 14.6 Å². The summed E-state index contributed by atoms with van der Waals surface area (Å²) in [6.45, 7) is 8.13. The van der Waals surface area contributed by atoms with Crippen LogP contribution >= 0.6 is 0 Å². The quantitative estimate of drug-likeness (QED) is 0.731. The molecule has 0 radical (unpaired) electrons. The van der Waals surface area contributed by atoms with Crippen LogP contribution in [0.15, 0.2) is 36.7 Å². The van der Waals surface area contributed by atoms with Crippen LogP contribution in [0, 0.1) is 6.92 Å². The Morgan fingerprint density at radius 2 is 2.15 bits per heavy atom. The second-order valence-electron chi connectivity index (χ2n) is 7.35. The first-order chi connectivity index (χ1) is 13.1. The fourth-order valence-corrected chi connectivity index (χ4v) is 3.42. The number of aliphatic hydroxyl groups is 1. The number of ether oxygens (including phenoxy) is 2. The van der Waals surface area contributed by atoms with Crippen molar-refractivity contribution in [2.45, 2.75) is 45.4 Å². The molecule has 27 heavy (non-hydrogen) atoms. The van der Waals surface area contributed by atoms with Crippen molar-refractivity contribution in [3.8, 4) is 5.75 Å². The van der Waals surface area contributed by atoms with Crippen molar-refractivity contribution in [2.24, 2.45) is 0 Å². The van der Waals surface area contributed by atoms with Gasteiger partial charge in [-0.1, -0.05) is 25.5 Å². The Balaban J connectivity index is 1.41. The summed E-state index contributed by atoms with van der Waals surface area (Å²) in [5.74, 6) is 0.808. The van der Waals surface area contributed by atoms with E-state index in [-0.39, 0.29) is 6.10 Å². The van der Waals surface area contributed by atoms with Gasteiger partial charge in [0.1, 0.15) is 18.5 Å². The third-order valence-electron chi connectivity index (χ3n) is 4.75. The highest BCUT2D eigenvalue weighted by atomic mass is 16.5. The summed E-state index contributed by atoms with van der Waals surface area (Å²) < 4.78 is 13.5. The Hall–Kier alpha value is -1.89. The molecule has 0 bridgehead atoms. The molecule has 3 rings (SSSR count).